The molecule has 0 aromatic rings. The maximum atomic E-state index is 11.9. The minimum absolute atomic E-state index is 0.0376. The molecule has 0 saturated carbocycles. The summed E-state index contributed by atoms with van der Waals surface area (Å²) in [5.41, 5.74) is 0. The zero-order chi connectivity index (χ0) is 23.6. The smallest absolute Gasteiger partial charge is 0.460 e. The van der Waals surface area contributed by atoms with Crippen molar-refractivity contribution in [2.45, 2.75) is 84.4 Å². The molecule has 0 aromatic heterocycles. The van der Waals surface area contributed by atoms with Crippen LogP contribution in [-0.2, 0) is 26.6 Å². The van der Waals surface area contributed by atoms with Gasteiger partial charge in [0.1, 0.15) is 6.61 Å². The monoisotopic (exact) mass is 496 g/mol. The van der Waals surface area contributed by atoms with Crippen molar-refractivity contribution in [3.05, 3.63) is 12.2 Å². The second-order valence-corrected chi connectivity index (χ2v) is 27.1. The van der Waals surface area contributed by atoms with E-state index in [2.05, 4.69) is 58.9 Å². The van der Waals surface area contributed by atoms with E-state index in [1.54, 1.807) is 13.0 Å². The van der Waals surface area contributed by atoms with Crippen molar-refractivity contribution < 1.29 is 31.7 Å². The number of carbonyl (C=O) groups is 1. The van der Waals surface area contributed by atoms with Gasteiger partial charge in [0, 0.05) is 25.3 Å². The summed E-state index contributed by atoms with van der Waals surface area (Å²) in [6, 6.07) is 0.417. The highest BCUT2D eigenvalue weighted by atomic mass is 28.5. The van der Waals surface area contributed by atoms with Crippen molar-refractivity contribution in [1.29, 1.82) is 0 Å². The first kappa shape index (κ1) is 29.9. The number of aliphatic hydroxyl groups is 1. The lowest BCUT2D eigenvalue weighted by Crippen LogP contribution is -2.62. The lowest BCUT2D eigenvalue weighted by Gasteiger charge is -2.43. The van der Waals surface area contributed by atoms with E-state index in [9.17, 15) is 4.79 Å². The average molecular weight is 497 g/mol. The molecule has 1 atom stereocenters. The molecule has 11 heteroatoms. The van der Waals surface area contributed by atoms with Gasteiger partial charge >= 0.3 is 14.8 Å². The highest BCUT2D eigenvalue weighted by Gasteiger charge is 2.51. The van der Waals surface area contributed by atoms with Crippen LogP contribution in [-0.4, -0.2) is 70.8 Å². The van der Waals surface area contributed by atoms with Crippen molar-refractivity contribution in [3.8, 4) is 0 Å². The molecule has 7 nitrogen and oxygen atoms in total. The van der Waals surface area contributed by atoms with Gasteiger partial charge in [0.2, 0.25) is 0 Å². The predicted molar refractivity (Wildman–Crippen MR) is 131 cm³/mol. The van der Waals surface area contributed by atoms with Crippen LogP contribution < -0.4 is 0 Å². The molecular formula is C19H44O7Si4. The minimum atomic E-state index is -3.13. The predicted octanol–water partition coefficient (Wildman–Crippen LogP) is 4.37. The standard InChI is InChI=1S/C19H44O7Si4/c1-11-13-19(21)23-16-18(22-15-12-14-20)17-30(24-27(2,3)4,25-28(5,6)7)26-29(8,9)10/h11,13,18,20H,12,14-17H2,1-10H3. The van der Waals surface area contributed by atoms with E-state index in [-0.39, 0.29) is 13.2 Å². The van der Waals surface area contributed by atoms with E-state index in [1.165, 1.54) is 6.08 Å². The van der Waals surface area contributed by atoms with Crippen molar-refractivity contribution in [2.24, 2.45) is 0 Å². The number of allylic oxidation sites excluding steroid dienone is 1. The fourth-order valence-electron chi connectivity index (χ4n) is 2.71. The third kappa shape index (κ3) is 15.6. The zero-order valence-electron chi connectivity index (χ0n) is 20.7. The van der Waals surface area contributed by atoms with Crippen LogP contribution in [0, 0.1) is 0 Å². The number of carbonyl (C=O) groups excluding carboxylic acids is 1. The zero-order valence-corrected chi connectivity index (χ0v) is 24.7. The number of hydrogen-bond donors (Lipinski definition) is 1. The molecule has 0 rings (SSSR count). The topological polar surface area (TPSA) is 83.5 Å². The molecule has 0 aliphatic carbocycles. The van der Waals surface area contributed by atoms with Crippen LogP contribution in [0.1, 0.15) is 13.3 Å². The molecule has 0 heterocycles. The van der Waals surface area contributed by atoms with Gasteiger partial charge in [-0.25, -0.2) is 4.79 Å². The Labute approximate surface area is 187 Å². The molecule has 0 aromatic carbocycles. The maximum Gasteiger partial charge on any atom is 0.472 e. The number of esters is 1. The van der Waals surface area contributed by atoms with E-state index >= 15 is 0 Å². The SMILES string of the molecule is CC=CC(=O)OCC(C[Si](O[Si](C)(C)C)(O[Si](C)(C)C)O[Si](C)(C)C)OCCCO. The van der Waals surface area contributed by atoms with Crippen LogP contribution in [0.5, 0.6) is 0 Å². The lowest BCUT2D eigenvalue weighted by atomic mass is 10.4. The molecule has 178 valence electrons. The normalized spacial score (nSPS) is 14.9. The average Bonchev–Trinajstić information content (AvgIpc) is 2.47. The van der Waals surface area contributed by atoms with Crippen LogP contribution in [0.2, 0.25) is 65.0 Å². The van der Waals surface area contributed by atoms with Gasteiger partial charge in [-0.15, -0.1) is 0 Å². The molecule has 1 N–H and O–H groups in total. The van der Waals surface area contributed by atoms with Gasteiger partial charge in [0.15, 0.2) is 25.0 Å². The van der Waals surface area contributed by atoms with Gasteiger partial charge < -0.3 is 26.9 Å². The van der Waals surface area contributed by atoms with Crippen molar-refractivity contribution >= 4 is 39.7 Å². The first-order valence-corrected chi connectivity index (χ1v) is 22.8. The molecule has 0 bridgehead atoms. The minimum Gasteiger partial charge on any atom is -0.460 e. The van der Waals surface area contributed by atoms with Crippen LogP contribution in [0.3, 0.4) is 0 Å². The molecule has 0 amide bonds. The Hall–Kier alpha value is -0.122. The number of rotatable bonds is 15. The van der Waals surface area contributed by atoms with Gasteiger partial charge in [-0.2, -0.15) is 0 Å². The maximum absolute atomic E-state index is 11.9. The number of hydrogen-bond acceptors (Lipinski definition) is 7. The summed E-state index contributed by atoms with van der Waals surface area (Å²) in [4.78, 5) is 11.9. The van der Waals surface area contributed by atoms with Gasteiger partial charge in [0.25, 0.3) is 0 Å². The molecular weight excluding hydrogens is 453 g/mol. The lowest BCUT2D eigenvalue weighted by molar-refractivity contribution is -0.141. The highest BCUT2D eigenvalue weighted by molar-refractivity contribution is 6.90. The Kier molecular flexibility index (Phi) is 12.7. The van der Waals surface area contributed by atoms with Crippen LogP contribution in [0.15, 0.2) is 12.2 Å². The summed E-state index contributed by atoms with van der Waals surface area (Å²) in [6.07, 6.45) is 3.10. The molecule has 0 aliphatic heterocycles. The fourth-order valence-corrected chi connectivity index (χ4v) is 17.3. The molecule has 1 unspecified atom stereocenters. The second kappa shape index (κ2) is 12.8. The molecule has 0 aliphatic rings. The highest BCUT2D eigenvalue weighted by Crippen LogP contribution is 2.31. The van der Waals surface area contributed by atoms with Crippen molar-refractivity contribution in [2.75, 3.05) is 19.8 Å². The molecule has 0 radical (unpaired) electrons. The molecule has 0 saturated heterocycles. The van der Waals surface area contributed by atoms with Crippen LogP contribution >= 0.6 is 0 Å². The van der Waals surface area contributed by atoms with Gasteiger partial charge in [-0.05, 0) is 72.3 Å². The summed E-state index contributed by atoms with van der Waals surface area (Å²) in [6.45, 7) is 21.4. The summed E-state index contributed by atoms with van der Waals surface area (Å²) in [7, 11) is -9.17. The first-order valence-electron chi connectivity index (χ1n) is 10.6. The van der Waals surface area contributed by atoms with Crippen molar-refractivity contribution in [1.82, 2.24) is 0 Å². The van der Waals surface area contributed by atoms with E-state index in [0.717, 1.165) is 0 Å². The quantitative estimate of drug-likeness (QED) is 0.156. The summed E-state index contributed by atoms with van der Waals surface area (Å²) in [5, 5.41) is 9.14. The van der Waals surface area contributed by atoms with Gasteiger partial charge in [0.05, 0.1) is 6.10 Å². The van der Waals surface area contributed by atoms with E-state index in [0.29, 0.717) is 19.1 Å². The third-order valence-electron chi connectivity index (χ3n) is 3.23. The second-order valence-electron chi connectivity index (χ2n) is 10.2. The largest absolute Gasteiger partial charge is 0.472 e. The Morgan fingerprint density at radius 2 is 1.37 bits per heavy atom. The van der Waals surface area contributed by atoms with Crippen LogP contribution in [0.25, 0.3) is 0 Å². The Balaban J connectivity index is 5.88. The van der Waals surface area contributed by atoms with Gasteiger partial charge in [-0.3, -0.25) is 0 Å². The Bertz CT molecular complexity index is 496. The van der Waals surface area contributed by atoms with Gasteiger partial charge in [-0.1, -0.05) is 6.08 Å². The fraction of sp³-hybridized carbons (Fsp3) is 0.842. The molecule has 0 fully saturated rings. The summed E-state index contributed by atoms with van der Waals surface area (Å²) < 4.78 is 31.4. The Morgan fingerprint density at radius 3 is 1.73 bits per heavy atom. The first-order chi connectivity index (χ1) is 13.5. The van der Waals surface area contributed by atoms with Crippen LogP contribution in [0.4, 0.5) is 0 Å². The number of aliphatic hydroxyl groups excluding tert-OH is 1. The molecule has 30 heavy (non-hydrogen) atoms. The number of ether oxygens (including phenoxy) is 2. The summed E-state index contributed by atoms with van der Waals surface area (Å²) in [5.74, 6) is -0.413. The molecule has 0 spiro atoms. The Morgan fingerprint density at radius 1 is 0.900 bits per heavy atom. The van der Waals surface area contributed by atoms with E-state index < -0.39 is 45.8 Å². The van der Waals surface area contributed by atoms with Crippen molar-refractivity contribution in [3.63, 3.8) is 0 Å². The third-order valence-corrected chi connectivity index (χ3v) is 15.3. The van der Waals surface area contributed by atoms with E-state index in [1.807, 2.05) is 0 Å². The summed E-state index contributed by atoms with van der Waals surface area (Å²) >= 11 is 0. The van der Waals surface area contributed by atoms with E-state index in [4.69, 9.17) is 26.9 Å².